The van der Waals surface area contributed by atoms with E-state index < -0.39 is 6.16 Å². The zero-order valence-electron chi connectivity index (χ0n) is 37.0. The average Bonchev–Trinajstić information content (AvgIpc) is 3.97. The van der Waals surface area contributed by atoms with Crippen LogP contribution in [0.3, 0.4) is 0 Å². The van der Waals surface area contributed by atoms with Gasteiger partial charge in [-0.15, -0.1) is 0 Å². The predicted octanol–water partition coefficient (Wildman–Crippen LogP) is 13.9. The summed E-state index contributed by atoms with van der Waals surface area (Å²) in [7, 11) is 0. The van der Waals surface area contributed by atoms with E-state index in [0.717, 1.165) is 83.8 Å². The zero-order chi connectivity index (χ0) is 39.9. The summed E-state index contributed by atoms with van der Waals surface area (Å²) in [4.78, 5) is 27.3. The van der Waals surface area contributed by atoms with Crippen molar-refractivity contribution < 1.29 is 28.9 Å². The average molecular weight is 780 g/mol. The molecule has 0 aromatic rings. The Hall–Kier alpha value is -1.34. The van der Waals surface area contributed by atoms with Gasteiger partial charge in [0.05, 0.1) is 19.8 Å². The van der Waals surface area contributed by atoms with Gasteiger partial charge in [0.15, 0.2) is 0 Å². The van der Waals surface area contributed by atoms with E-state index in [0.29, 0.717) is 32.2 Å². The van der Waals surface area contributed by atoms with E-state index >= 15 is 0 Å². The van der Waals surface area contributed by atoms with E-state index in [1.165, 1.54) is 148 Å². The lowest BCUT2D eigenvalue weighted by molar-refractivity contribution is -0.145. The Morgan fingerprint density at radius 1 is 0.545 bits per heavy atom. The van der Waals surface area contributed by atoms with Gasteiger partial charge in [0.1, 0.15) is 0 Å². The molecule has 0 unspecified atom stereocenters. The van der Waals surface area contributed by atoms with Gasteiger partial charge >= 0.3 is 12.1 Å². The van der Waals surface area contributed by atoms with Gasteiger partial charge < -0.3 is 24.2 Å². The van der Waals surface area contributed by atoms with Gasteiger partial charge in [-0.25, -0.2) is 4.79 Å². The van der Waals surface area contributed by atoms with Crippen molar-refractivity contribution in [2.45, 2.75) is 239 Å². The number of carbonyl (C=O) groups is 2. The van der Waals surface area contributed by atoms with E-state index in [-0.39, 0.29) is 18.0 Å². The second-order valence-corrected chi connectivity index (χ2v) is 17.4. The van der Waals surface area contributed by atoms with Crippen molar-refractivity contribution in [3.05, 3.63) is 0 Å². The first-order valence-corrected chi connectivity index (χ1v) is 24.3. The third kappa shape index (κ3) is 33.3. The normalized spacial score (nSPS) is 13.5. The zero-order valence-corrected chi connectivity index (χ0v) is 37.0. The fraction of sp³-hybridized carbons (Fsp3) is 0.958. The third-order valence-corrected chi connectivity index (χ3v) is 12.0. The van der Waals surface area contributed by atoms with Gasteiger partial charge in [-0.1, -0.05) is 162 Å². The lowest BCUT2D eigenvalue weighted by Crippen LogP contribution is -2.27. The summed E-state index contributed by atoms with van der Waals surface area (Å²) in [5, 5.41) is 9.31. The summed E-state index contributed by atoms with van der Waals surface area (Å²) in [5.41, 5.74) is 0.264. The standard InChI is InChI=1S/C48H93NO6/c1-4-7-10-13-16-19-25-34-46(51)55-44-48(36-37-48)35-26-22-28-39-49(40-29-30-41-50)38-27-20-21-31-42-53-47(52)54-43-45(32-23-17-14-11-8-5-2)33-24-18-15-12-9-6-3/h45,50H,4-44H2,1-3H3. The highest BCUT2D eigenvalue weighted by atomic mass is 16.7. The SMILES string of the molecule is CCCCCCCCCC(=O)OCC1(CCCCCN(CCCCO)CCCCCCOC(=O)OCC(CCCCCCCC)CCCCCCCC)CC1. The molecule has 7 nitrogen and oxygen atoms in total. The largest absolute Gasteiger partial charge is 0.508 e. The molecule has 326 valence electrons. The molecule has 7 heteroatoms. The molecule has 1 saturated carbocycles. The number of unbranched alkanes of at least 4 members (excludes halogenated alkanes) is 22. The molecule has 0 saturated heterocycles. The van der Waals surface area contributed by atoms with Gasteiger partial charge in [0.25, 0.3) is 0 Å². The highest BCUT2D eigenvalue weighted by molar-refractivity contribution is 5.69. The molecular weight excluding hydrogens is 687 g/mol. The smallest absolute Gasteiger partial charge is 0.465 e. The molecule has 1 N–H and O–H groups in total. The summed E-state index contributed by atoms with van der Waals surface area (Å²) in [6, 6.07) is 0. The molecule has 1 fully saturated rings. The fourth-order valence-corrected chi connectivity index (χ4v) is 7.88. The molecule has 1 rings (SSSR count). The minimum atomic E-state index is -0.488. The van der Waals surface area contributed by atoms with Gasteiger partial charge in [-0.05, 0) is 96.2 Å². The first-order valence-electron chi connectivity index (χ1n) is 24.3. The Labute approximate surface area is 341 Å². The highest BCUT2D eigenvalue weighted by Gasteiger charge is 2.43. The van der Waals surface area contributed by atoms with Crippen molar-refractivity contribution in [2.75, 3.05) is 46.1 Å². The maximum absolute atomic E-state index is 12.4. The predicted molar refractivity (Wildman–Crippen MR) is 232 cm³/mol. The van der Waals surface area contributed by atoms with Crippen molar-refractivity contribution in [2.24, 2.45) is 11.3 Å². The van der Waals surface area contributed by atoms with E-state index in [1.54, 1.807) is 0 Å². The van der Waals surface area contributed by atoms with E-state index in [2.05, 4.69) is 25.7 Å². The van der Waals surface area contributed by atoms with Crippen LogP contribution in [0.4, 0.5) is 4.79 Å². The molecule has 1 aliphatic carbocycles. The molecule has 0 radical (unpaired) electrons. The van der Waals surface area contributed by atoms with E-state index in [4.69, 9.17) is 14.2 Å². The molecule has 0 amide bonds. The second-order valence-electron chi connectivity index (χ2n) is 17.4. The minimum Gasteiger partial charge on any atom is -0.465 e. The Bertz CT molecular complexity index is 832. The van der Waals surface area contributed by atoms with Crippen LogP contribution in [0.5, 0.6) is 0 Å². The molecule has 0 atom stereocenters. The Morgan fingerprint density at radius 2 is 1.02 bits per heavy atom. The fourth-order valence-electron chi connectivity index (χ4n) is 7.88. The number of rotatable bonds is 43. The topological polar surface area (TPSA) is 85.3 Å². The molecule has 0 heterocycles. The summed E-state index contributed by atoms with van der Waals surface area (Å²) in [5.74, 6) is 0.464. The maximum atomic E-state index is 12.4. The van der Waals surface area contributed by atoms with Gasteiger partial charge in [-0.2, -0.15) is 0 Å². The molecule has 0 bridgehead atoms. The van der Waals surface area contributed by atoms with Gasteiger partial charge in [0.2, 0.25) is 0 Å². The van der Waals surface area contributed by atoms with Crippen LogP contribution in [0.15, 0.2) is 0 Å². The van der Waals surface area contributed by atoms with Crippen LogP contribution < -0.4 is 0 Å². The summed E-state index contributed by atoms with van der Waals surface area (Å²) in [6.45, 7) is 11.9. The lowest BCUT2D eigenvalue weighted by Gasteiger charge is -2.22. The first-order chi connectivity index (χ1) is 27.0. The highest BCUT2D eigenvalue weighted by Crippen LogP contribution is 2.50. The van der Waals surface area contributed by atoms with Crippen molar-refractivity contribution in [3.8, 4) is 0 Å². The monoisotopic (exact) mass is 780 g/mol. The lowest BCUT2D eigenvalue weighted by atomic mass is 9.95. The molecule has 0 aliphatic heterocycles. The maximum Gasteiger partial charge on any atom is 0.508 e. The molecule has 0 spiro atoms. The number of aliphatic hydroxyl groups is 1. The number of nitrogens with zero attached hydrogens (tertiary/aromatic N) is 1. The van der Waals surface area contributed by atoms with Crippen molar-refractivity contribution in [3.63, 3.8) is 0 Å². The van der Waals surface area contributed by atoms with Crippen LogP contribution in [0.2, 0.25) is 0 Å². The molecular formula is C48H93NO6. The van der Waals surface area contributed by atoms with Crippen molar-refractivity contribution in [1.82, 2.24) is 4.90 Å². The van der Waals surface area contributed by atoms with Crippen LogP contribution in [0, 0.1) is 11.3 Å². The van der Waals surface area contributed by atoms with Gasteiger partial charge in [-0.3, -0.25) is 4.79 Å². The molecule has 0 aromatic carbocycles. The molecule has 55 heavy (non-hydrogen) atoms. The van der Waals surface area contributed by atoms with Crippen LogP contribution in [-0.2, 0) is 19.0 Å². The number of hydrogen-bond donors (Lipinski definition) is 1. The van der Waals surface area contributed by atoms with Gasteiger partial charge in [0, 0.05) is 18.4 Å². The number of ether oxygens (including phenoxy) is 3. The van der Waals surface area contributed by atoms with Crippen molar-refractivity contribution in [1.29, 1.82) is 0 Å². The van der Waals surface area contributed by atoms with Crippen molar-refractivity contribution >= 4 is 12.1 Å². The molecule has 0 aromatic heterocycles. The first kappa shape index (κ1) is 51.7. The van der Waals surface area contributed by atoms with E-state index in [9.17, 15) is 14.7 Å². The third-order valence-electron chi connectivity index (χ3n) is 12.0. The quantitative estimate of drug-likeness (QED) is 0.0487. The van der Waals surface area contributed by atoms with Crippen LogP contribution in [-0.4, -0.2) is 68.2 Å². The Morgan fingerprint density at radius 3 is 1.56 bits per heavy atom. The molecule has 1 aliphatic rings. The van der Waals surface area contributed by atoms with E-state index in [1.807, 2.05) is 0 Å². The number of esters is 1. The van der Waals surface area contributed by atoms with Crippen LogP contribution in [0.1, 0.15) is 239 Å². The second kappa shape index (κ2) is 38.2. The van der Waals surface area contributed by atoms with Crippen LogP contribution >= 0.6 is 0 Å². The summed E-state index contributed by atoms with van der Waals surface area (Å²) >= 11 is 0. The number of hydrogen-bond acceptors (Lipinski definition) is 7. The minimum absolute atomic E-state index is 0.00441. The van der Waals surface area contributed by atoms with Crippen LogP contribution in [0.25, 0.3) is 0 Å². The Kier molecular flexibility index (Phi) is 35.9. The summed E-state index contributed by atoms with van der Waals surface area (Å²) < 4.78 is 16.8. The summed E-state index contributed by atoms with van der Waals surface area (Å²) in [6.07, 6.45) is 39.9. The Balaban J connectivity index is 2.19. The number of carbonyl (C=O) groups excluding carboxylic acids is 2. The number of aliphatic hydroxyl groups excluding tert-OH is 1.